The number of epoxide rings is 2. The van der Waals surface area contributed by atoms with E-state index in [1.165, 1.54) is 16.7 Å². The van der Waals surface area contributed by atoms with E-state index in [0.29, 0.717) is 19.1 Å². The zero-order valence-corrected chi connectivity index (χ0v) is 18.7. The van der Waals surface area contributed by atoms with Crippen LogP contribution in [0.5, 0.6) is 23.0 Å². The molecule has 3 atom stereocenters. The van der Waals surface area contributed by atoms with Crippen LogP contribution in [0, 0.1) is 0 Å². The molecule has 0 aromatic heterocycles. The van der Waals surface area contributed by atoms with Crippen LogP contribution in [-0.4, -0.2) is 52.9 Å². The van der Waals surface area contributed by atoms with Crippen LogP contribution in [0.4, 0.5) is 0 Å². The van der Waals surface area contributed by atoms with Crippen molar-refractivity contribution in [1.29, 1.82) is 0 Å². The molecule has 2 fully saturated rings. The van der Waals surface area contributed by atoms with Gasteiger partial charge in [0, 0.05) is 0 Å². The number of hydrogen-bond donors (Lipinski definition) is 0. The summed E-state index contributed by atoms with van der Waals surface area (Å²) in [6.07, 6.45) is 5.91. The smallest absolute Gasteiger partial charge is 0.161 e. The van der Waals surface area contributed by atoms with E-state index < -0.39 is 0 Å². The summed E-state index contributed by atoms with van der Waals surface area (Å²) in [5.74, 6) is 3.50. The van der Waals surface area contributed by atoms with E-state index in [2.05, 4.69) is 30.3 Å². The molecular formula is C26H30O6. The fourth-order valence-electron chi connectivity index (χ4n) is 4.17. The molecule has 0 amide bonds. The van der Waals surface area contributed by atoms with E-state index >= 15 is 0 Å². The number of methoxy groups -OCH3 is 2. The van der Waals surface area contributed by atoms with Gasteiger partial charge in [-0.15, -0.1) is 0 Å². The standard InChI is InChI=1S/C26H30O6/c1-27-25-11-19(6-8-23(25)31-15-21-13-29-21)17-4-3-5-18(10-17)20-7-9-24(26(12-20)28-2)32-16-22-14-30-22/h4,6-9,11-12,18,21-22H,3,5,10,13-16H2,1-2H3. The predicted molar refractivity (Wildman–Crippen MR) is 121 cm³/mol. The molecule has 0 spiro atoms. The fourth-order valence-corrected chi connectivity index (χ4v) is 4.17. The van der Waals surface area contributed by atoms with Crippen molar-refractivity contribution >= 4 is 5.57 Å². The Balaban J connectivity index is 1.28. The second-order valence-electron chi connectivity index (χ2n) is 8.52. The number of ether oxygens (including phenoxy) is 6. The van der Waals surface area contributed by atoms with Crippen molar-refractivity contribution in [2.75, 3.05) is 40.6 Å². The highest BCUT2D eigenvalue weighted by Crippen LogP contribution is 2.41. The van der Waals surface area contributed by atoms with E-state index in [9.17, 15) is 0 Å². The summed E-state index contributed by atoms with van der Waals surface area (Å²) in [5.41, 5.74) is 3.79. The van der Waals surface area contributed by atoms with Gasteiger partial charge in [-0.3, -0.25) is 0 Å². The lowest BCUT2D eigenvalue weighted by Crippen LogP contribution is -2.08. The SMILES string of the molecule is COc1cc(C2=CCCC(c3ccc(OCC4CO4)c(OC)c3)C2)ccc1OCC1CO1. The summed E-state index contributed by atoms with van der Waals surface area (Å²) in [4.78, 5) is 0. The van der Waals surface area contributed by atoms with Gasteiger partial charge in [0.1, 0.15) is 25.4 Å². The summed E-state index contributed by atoms with van der Waals surface area (Å²) >= 11 is 0. The molecule has 32 heavy (non-hydrogen) atoms. The minimum Gasteiger partial charge on any atom is -0.493 e. The van der Waals surface area contributed by atoms with E-state index in [4.69, 9.17) is 28.4 Å². The number of hydrogen-bond acceptors (Lipinski definition) is 6. The van der Waals surface area contributed by atoms with Gasteiger partial charge >= 0.3 is 0 Å². The van der Waals surface area contributed by atoms with Crippen molar-refractivity contribution in [3.05, 3.63) is 53.6 Å². The zero-order valence-electron chi connectivity index (χ0n) is 18.7. The molecule has 0 bridgehead atoms. The number of rotatable bonds is 10. The summed E-state index contributed by atoms with van der Waals surface area (Å²) in [6.45, 7) is 2.70. The first-order valence-electron chi connectivity index (χ1n) is 11.3. The first kappa shape index (κ1) is 21.2. The van der Waals surface area contributed by atoms with Crippen LogP contribution in [0.25, 0.3) is 5.57 Å². The summed E-state index contributed by atoms with van der Waals surface area (Å²) < 4.78 is 33.4. The monoisotopic (exact) mass is 438 g/mol. The van der Waals surface area contributed by atoms with Gasteiger partial charge in [0.2, 0.25) is 0 Å². The van der Waals surface area contributed by atoms with Crippen LogP contribution in [-0.2, 0) is 9.47 Å². The molecule has 0 radical (unpaired) electrons. The van der Waals surface area contributed by atoms with Gasteiger partial charge in [-0.2, -0.15) is 0 Å². The summed E-state index contributed by atoms with van der Waals surface area (Å²) in [6, 6.07) is 12.5. The van der Waals surface area contributed by atoms with Crippen molar-refractivity contribution in [2.24, 2.45) is 0 Å². The normalized spacial score (nSPS) is 23.8. The minimum absolute atomic E-state index is 0.219. The molecule has 2 aliphatic heterocycles. The average molecular weight is 439 g/mol. The van der Waals surface area contributed by atoms with Crippen molar-refractivity contribution in [3.8, 4) is 23.0 Å². The maximum atomic E-state index is 5.86. The van der Waals surface area contributed by atoms with Crippen molar-refractivity contribution in [2.45, 2.75) is 37.4 Å². The van der Waals surface area contributed by atoms with Crippen molar-refractivity contribution < 1.29 is 28.4 Å². The van der Waals surface area contributed by atoms with Gasteiger partial charge in [-0.25, -0.2) is 0 Å². The van der Waals surface area contributed by atoms with Crippen LogP contribution in [0.15, 0.2) is 42.5 Å². The Morgan fingerprint density at radius 1 is 0.812 bits per heavy atom. The molecule has 170 valence electrons. The Hall–Kier alpha value is -2.70. The van der Waals surface area contributed by atoms with Crippen LogP contribution < -0.4 is 18.9 Å². The molecule has 3 unspecified atom stereocenters. The highest BCUT2D eigenvalue weighted by atomic mass is 16.6. The third kappa shape index (κ3) is 5.03. The van der Waals surface area contributed by atoms with Gasteiger partial charge in [0.15, 0.2) is 23.0 Å². The predicted octanol–water partition coefficient (Wildman–Crippen LogP) is 4.61. The molecule has 6 nitrogen and oxygen atoms in total. The van der Waals surface area contributed by atoms with E-state index in [1.54, 1.807) is 14.2 Å². The average Bonchev–Trinajstić information content (AvgIpc) is 3.76. The number of allylic oxidation sites excluding steroid dienone is 2. The number of benzene rings is 2. The Morgan fingerprint density at radius 2 is 1.44 bits per heavy atom. The van der Waals surface area contributed by atoms with E-state index in [0.717, 1.165) is 55.5 Å². The highest BCUT2D eigenvalue weighted by molar-refractivity contribution is 5.69. The Kier molecular flexibility index (Phi) is 6.23. The van der Waals surface area contributed by atoms with E-state index in [-0.39, 0.29) is 12.2 Å². The van der Waals surface area contributed by atoms with Crippen molar-refractivity contribution in [3.63, 3.8) is 0 Å². The molecule has 6 heteroatoms. The first-order chi connectivity index (χ1) is 15.7. The lowest BCUT2D eigenvalue weighted by molar-refractivity contribution is 0.252. The molecule has 0 saturated carbocycles. The maximum Gasteiger partial charge on any atom is 0.161 e. The fraction of sp³-hybridized carbons (Fsp3) is 0.462. The second-order valence-corrected chi connectivity index (χ2v) is 8.52. The van der Waals surface area contributed by atoms with Gasteiger partial charge in [-0.1, -0.05) is 18.2 Å². The first-order valence-corrected chi connectivity index (χ1v) is 11.3. The Bertz CT molecular complexity index is 976. The minimum atomic E-state index is 0.219. The zero-order chi connectivity index (χ0) is 21.9. The highest BCUT2D eigenvalue weighted by Gasteiger charge is 2.26. The molecule has 2 saturated heterocycles. The van der Waals surface area contributed by atoms with Crippen LogP contribution >= 0.6 is 0 Å². The van der Waals surface area contributed by atoms with Crippen LogP contribution in [0.1, 0.15) is 36.3 Å². The molecule has 3 aliphatic rings. The Labute approximate surface area is 189 Å². The molecule has 1 aliphatic carbocycles. The van der Waals surface area contributed by atoms with Crippen molar-refractivity contribution in [1.82, 2.24) is 0 Å². The van der Waals surface area contributed by atoms with Crippen LogP contribution in [0.2, 0.25) is 0 Å². The molecule has 0 N–H and O–H groups in total. The third-order valence-electron chi connectivity index (χ3n) is 6.22. The quantitative estimate of drug-likeness (QED) is 0.505. The molecule has 2 aromatic carbocycles. The van der Waals surface area contributed by atoms with Gasteiger partial charge in [0.25, 0.3) is 0 Å². The van der Waals surface area contributed by atoms with Gasteiger partial charge < -0.3 is 28.4 Å². The lowest BCUT2D eigenvalue weighted by Gasteiger charge is -2.25. The topological polar surface area (TPSA) is 62.0 Å². The molecule has 5 rings (SSSR count). The molecular weight excluding hydrogens is 408 g/mol. The molecule has 2 aromatic rings. The Morgan fingerprint density at radius 3 is 2.06 bits per heavy atom. The van der Waals surface area contributed by atoms with E-state index in [1.807, 2.05) is 12.1 Å². The third-order valence-corrected chi connectivity index (χ3v) is 6.22. The molecule has 2 heterocycles. The van der Waals surface area contributed by atoms with Gasteiger partial charge in [-0.05, 0) is 66.1 Å². The summed E-state index contributed by atoms with van der Waals surface area (Å²) in [5, 5.41) is 0. The van der Waals surface area contributed by atoms with Gasteiger partial charge in [0.05, 0.1) is 27.4 Å². The van der Waals surface area contributed by atoms with Crippen LogP contribution in [0.3, 0.4) is 0 Å². The second kappa shape index (κ2) is 9.43. The lowest BCUT2D eigenvalue weighted by atomic mass is 9.81. The summed E-state index contributed by atoms with van der Waals surface area (Å²) in [7, 11) is 3.37. The largest absolute Gasteiger partial charge is 0.493 e. The maximum absolute atomic E-state index is 5.86.